The van der Waals surface area contributed by atoms with Crippen LogP contribution in [0.3, 0.4) is 0 Å². The molecule has 0 radical (unpaired) electrons. The summed E-state index contributed by atoms with van der Waals surface area (Å²) < 4.78 is 8.22. The van der Waals surface area contributed by atoms with Gasteiger partial charge in [-0.05, 0) is 0 Å². The third kappa shape index (κ3) is 10.8. The number of hydrogen-bond donors (Lipinski definition) is 5. The molecule has 28 heavy (non-hydrogen) atoms. The van der Waals surface area contributed by atoms with Gasteiger partial charge >= 0.3 is 176 Å². The van der Waals surface area contributed by atoms with Gasteiger partial charge in [0.1, 0.15) is 0 Å². The van der Waals surface area contributed by atoms with Gasteiger partial charge in [-0.3, -0.25) is 4.79 Å². The molecular formula is C12H14NaO13Ti2. The number of esters is 2. The molecule has 0 aliphatic rings. The molecule has 0 aromatic carbocycles. The molecule has 0 heterocycles. The van der Waals surface area contributed by atoms with E-state index >= 15 is 0 Å². The fourth-order valence-corrected chi connectivity index (χ4v) is 1.74. The summed E-state index contributed by atoms with van der Waals surface area (Å²) in [6.45, 7) is 0. The van der Waals surface area contributed by atoms with Gasteiger partial charge in [-0.15, -0.1) is 0 Å². The first kappa shape index (κ1) is 32.0. The van der Waals surface area contributed by atoms with Crippen LogP contribution in [0.1, 0.15) is 25.7 Å². The maximum absolute atomic E-state index is 11.6. The summed E-state index contributed by atoms with van der Waals surface area (Å²) >= 11 is 0.891. The van der Waals surface area contributed by atoms with Crippen molar-refractivity contribution in [1.29, 1.82) is 0 Å². The van der Waals surface area contributed by atoms with Crippen molar-refractivity contribution in [2.45, 2.75) is 36.9 Å². The molecule has 0 fully saturated rings. The SMILES string of the molecule is O=C(O)CC(O)(CC(=O)OC(=O)CC(O)(CC(=O)[O][Ti])C(=O)O)C(=O)O.[NaH].[Ti]. The smallest absolute Gasteiger partial charge is 0 e. The zero-order chi connectivity index (χ0) is 20.7. The number of aliphatic hydroxyl groups is 2. The van der Waals surface area contributed by atoms with E-state index in [4.69, 9.17) is 15.3 Å². The Hall–Kier alpha value is -0.631. The normalized spacial score (nSPS) is 13.9. The van der Waals surface area contributed by atoms with E-state index in [1.807, 2.05) is 0 Å². The van der Waals surface area contributed by atoms with Crippen LogP contribution in [0.2, 0.25) is 0 Å². The Bertz CT molecular complexity index is 639. The second-order valence-corrected chi connectivity index (χ2v) is 5.41. The largest absolute Gasteiger partial charge is 0 e. The summed E-state index contributed by atoms with van der Waals surface area (Å²) in [6.07, 6.45) is -5.36. The molecule has 0 amide bonds. The minimum absolute atomic E-state index is 0. The number of carbonyl (C=O) groups is 6. The van der Waals surface area contributed by atoms with E-state index in [0.29, 0.717) is 0 Å². The number of carboxylic acids is 3. The second kappa shape index (κ2) is 13.6. The summed E-state index contributed by atoms with van der Waals surface area (Å²) in [5.41, 5.74) is -6.03. The van der Waals surface area contributed by atoms with Gasteiger partial charge < -0.3 is 5.11 Å². The van der Waals surface area contributed by atoms with Gasteiger partial charge in [0.05, 0.1) is 0 Å². The molecule has 2 unspecified atom stereocenters. The number of rotatable bonds is 10. The summed E-state index contributed by atoms with van der Waals surface area (Å²) in [6, 6.07) is 0. The average molecular weight is 485 g/mol. The monoisotopic (exact) mass is 485 g/mol. The van der Waals surface area contributed by atoms with Gasteiger partial charge in [0.15, 0.2) is 0 Å². The summed E-state index contributed by atoms with van der Waals surface area (Å²) in [5, 5.41) is 45.6. The van der Waals surface area contributed by atoms with Crippen LogP contribution in [0.15, 0.2) is 0 Å². The van der Waals surface area contributed by atoms with Gasteiger partial charge in [0, 0.05) is 21.7 Å². The van der Waals surface area contributed by atoms with Crippen LogP contribution in [0.25, 0.3) is 0 Å². The Morgan fingerprint density at radius 2 is 1.04 bits per heavy atom. The van der Waals surface area contributed by atoms with Crippen LogP contribution in [0.4, 0.5) is 0 Å². The van der Waals surface area contributed by atoms with Crippen molar-refractivity contribution in [2.24, 2.45) is 0 Å². The van der Waals surface area contributed by atoms with Crippen LogP contribution in [0.5, 0.6) is 0 Å². The minimum atomic E-state index is -3.07. The zero-order valence-electron chi connectivity index (χ0n) is 13.3. The molecule has 0 aromatic heterocycles. The molecule has 0 rings (SSSR count). The third-order valence-electron chi connectivity index (χ3n) is 2.89. The van der Waals surface area contributed by atoms with E-state index in [9.17, 15) is 39.0 Å². The molecule has 0 bridgehead atoms. The molecule has 16 heteroatoms. The van der Waals surface area contributed by atoms with Crippen molar-refractivity contribution in [3.05, 3.63) is 0 Å². The number of hydrogen-bond acceptors (Lipinski definition) is 10. The second-order valence-electron chi connectivity index (χ2n) is 5.09. The molecule has 0 aliphatic heterocycles. The predicted octanol–water partition coefficient (Wildman–Crippen LogP) is -3.31. The number of carboxylic acid groups (broad SMARTS) is 3. The topological polar surface area (TPSA) is 222 Å². The van der Waals surface area contributed by atoms with Crippen molar-refractivity contribution in [3.63, 3.8) is 0 Å². The Morgan fingerprint density at radius 1 is 0.714 bits per heavy atom. The van der Waals surface area contributed by atoms with Crippen molar-refractivity contribution in [3.8, 4) is 0 Å². The minimum Gasteiger partial charge on any atom is 0 e. The van der Waals surface area contributed by atoms with Crippen LogP contribution in [-0.2, 0) is 79.4 Å². The molecular weight excluding hydrogens is 471 g/mol. The van der Waals surface area contributed by atoms with Gasteiger partial charge in [0.2, 0.25) is 0 Å². The summed E-state index contributed by atoms with van der Waals surface area (Å²) in [4.78, 5) is 66.6. The summed E-state index contributed by atoms with van der Waals surface area (Å²) in [5.74, 6) is -10.4. The molecule has 13 nitrogen and oxygen atoms in total. The van der Waals surface area contributed by atoms with Crippen molar-refractivity contribution in [2.75, 3.05) is 0 Å². The number of ether oxygens (including phenoxy) is 1. The third-order valence-corrected chi connectivity index (χ3v) is 3.25. The van der Waals surface area contributed by atoms with Gasteiger partial charge in [-0.2, -0.15) is 0 Å². The van der Waals surface area contributed by atoms with Crippen molar-refractivity contribution >= 4 is 65.4 Å². The van der Waals surface area contributed by atoms with Gasteiger partial charge in [0.25, 0.3) is 0 Å². The van der Waals surface area contributed by atoms with Crippen molar-refractivity contribution in [1.82, 2.24) is 0 Å². The van der Waals surface area contributed by atoms with Crippen LogP contribution < -0.4 is 0 Å². The molecule has 0 aliphatic carbocycles. The average Bonchev–Trinajstić information content (AvgIpc) is 2.44. The summed E-state index contributed by atoms with van der Waals surface area (Å²) in [7, 11) is 0. The maximum atomic E-state index is 11.6. The van der Waals surface area contributed by atoms with Crippen molar-refractivity contribution < 1.29 is 105 Å². The Balaban J connectivity index is -0.00000312. The molecule has 149 valence electrons. The molecule has 0 saturated carbocycles. The van der Waals surface area contributed by atoms with Gasteiger partial charge in [-0.1, -0.05) is 0 Å². The Kier molecular flexibility index (Phi) is 15.5. The van der Waals surface area contributed by atoms with E-state index in [1.54, 1.807) is 0 Å². The van der Waals surface area contributed by atoms with Crippen LogP contribution in [0, 0.1) is 0 Å². The van der Waals surface area contributed by atoms with Gasteiger partial charge in [-0.25, -0.2) is 0 Å². The molecule has 0 spiro atoms. The van der Waals surface area contributed by atoms with Crippen LogP contribution in [-0.4, -0.2) is 102 Å². The van der Waals surface area contributed by atoms with E-state index in [1.165, 1.54) is 0 Å². The van der Waals surface area contributed by atoms with E-state index in [-0.39, 0.29) is 51.3 Å². The Labute approximate surface area is 205 Å². The molecule has 2 atom stereocenters. The first-order valence-corrected chi connectivity index (χ1v) is 7.13. The molecule has 5 N–H and O–H groups in total. The first-order valence-electron chi connectivity index (χ1n) is 6.49. The molecule has 0 saturated heterocycles. The fraction of sp³-hybridized carbons (Fsp3) is 0.500. The number of carbonyl (C=O) groups excluding carboxylic acids is 3. The quantitative estimate of drug-likeness (QED) is 0.116. The fourth-order valence-electron chi connectivity index (χ4n) is 1.63. The van der Waals surface area contributed by atoms with E-state index < -0.39 is 72.7 Å². The first-order chi connectivity index (χ1) is 11.8. The predicted molar refractivity (Wildman–Crippen MR) is 75.6 cm³/mol. The Morgan fingerprint density at radius 3 is 1.32 bits per heavy atom. The molecule has 0 aromatic rings. The van der Waals surface area contributed by atoms with E-state index in [0.717, 1.165) is 20.8 Å². The number of aliphatic carboxylic acids is 3. The standard InChI is InChI=1S/C12H14O13.Na.2Ti.H/c13-5(14)1-11(23,9(19)20)3-7(17)25-8(18)4-12(24,10(21)22)2-6(15)16;;;;/h23-24H,1-4H2,(H,13,14)(H,15,16)(H,19,20)(H,21,22);;;;/q;;;+1;/p-1. The van der Waals surface area contributed by atoms with Crippen LogP contribution >= 0.6 is 0 Å². The maximum Gasteiger partial charge on any atom is 0 e. The van der Waals surface area contributed by atoms with E-state index in [2.05, 4.69) is 8.06 Å². The zero-order valence-corrected chi connectivity index (χ0v) is 16.5.